The van der Waals surface area contributed by atoms with Crippen molar-refractivity contribution in [3.05, 3.63) is 21.8 Å². The van der Waals surface area contributed by atoms with Crippen LogP contribution in [0.5, 0.6) is 0 Å². The van der Waals surface area contributed by atoms with Crippen molar-refractivity contribution in [3.63, 3.8) is 0 Å². The maximum atomic E-state index is 12.8. The van der Waals surface area contributed by atoms with Gasteiger partial charge >= 0.3 is 0 Å². The van der Waals surface area contributed by atoms with Gasteiger partial charge in [0, 0.05) is 3.57 Å². The van der Waals surface area contributed by atoms with E-state index in [0.29, 0.717) is 11.4 Å². The van der Waals surface area contributed by atoms with Gasteiger partial charge in [0.2, 0.25) is 23.6 Å². The molecule has 0 unspecified atom stereocenters. The predicted molar refractivity (Wildman–Crippen MR) is 115 cm³/mol. The minimum atomic E-state index is -1.49. The number of carbonyl (C=O) groups is 4. The zero-order chi connectivity index (χ0) is 21.5. The van der Waals surface area contributed by atoms with Crippen molar-refractivity contribution in [2.24, 2.45) is 5.41 Å². The number of nitrogens with one attached hydrogen (secondary N) is 4. The summed E-state index contributed by atoms with van der Waals surface area (Å²) in [5.41, 5.74) is -3.29. The number of anilines is 2. The normalized spacial score (nSPS) is 21.5. The highest BCUT2D eigenvalue weighted by Crippen LogP contribution is 2.27. The Morgan fingerprint density at radius 2 is 1.11 bits per heavy atom. The minimum absolute atomic E-state index is 0.390. The first kappa shape index (κ1) is 22.1. The second-order valence-corrected chi connectivity index (χ2v) is 9.63. The molecular formula is C19H25IN4O4. The van der Waals surface area contributed by atoms with Crippen LogP contribution >= 0.6 is 22.6 Å². The molecule has 4 N–H and O–H groups in total. The number of fused-ring (bicyclic) bond motifs is 1. The number of hydrogen-bond acceptors (Lipinski definition) is 4. The summed E-state index contributed by atoms with van der Waals surface area (Å²) in [6, 6.07) is 5.16. The van der Waals surface area contributed by atoms with Crippen molar-refractivity contribution < 1.29 is 19.2 Å². The van der Waals surface area contributed by atoms with Crippen LogP contribution in [0.15, 0.2) is 18.2 Å². The van der Waals surface area contributed by atoms with Gasteiger partial charge < -0.3 is 21.3 Å². The first-order valence-electron chi connectivity index (χ1n) is 8.74. The highest BCUT2D eigenvalue weighted by atomic mass is 127. The maximum absolute atomic E-state index is 12.8. The Balaban J connectivity index is 2.58. The van der Waals surface area contributed by atoms with Crippen molar-refractivity contribution in [1.82, 2.24) is 10.6 Å². The summed E-state index contributed by atoms with van der Waals surface area (Å²) >= 11 is 2.09. The smallest absolute Gasteiger partial charge is 0.249 e. The number of carbonyl (C=O) groups excluding carboxylic acids is 4. The lowest BCUT2D eigenvalue weighted by molar-refractivity contribution is -0.145. The quantitative estimate of drug-likeness (QED) is 0.322. The van der Waals surface area contributed by atoms with Crippen LogP contribution < -0.4 is 21.3 Å². The molecule has 0 saturated heterocycles. The van der Waals surface area contributed by atoms with E-state index in [2.05, 4.69) is 43.9 Å². The van der Waals surface area contributed by atoms with Crippen LogP contribution in [-0.4, -0.2) is 34.7 Å². The third-order valence-corrected chi connectivity index (χ3v) is 5.27. The SMILES string of the molecule is CC1(C)NC(=O)C(C)(C)C(=O)NC(C)(C)C(=O)Nc2cc(I)ccc2NC1=O. The monoisotopic (exact) mass is 500 g/mol. The molecule has 8 nitrogen and oxygen atoms in total. The molecule has 0 aliphatic carbocycles. The van der Waals surface area contributed by atoms with E-state index in [4.69, 9.17) is 0 Å². The highest BCUT2D eigenvalue weighted by molar-refractivity contribution is 14.1. The lowest BCUT2D eigenvalue weighted by Crippen LogP contribution is -2.61. The van der Waals surface area contributed by atoms with Gasteiger partial charge in [0.1, 0.15) is 16.5 Å². The molecule has 1 aromatic rings. The van der Waals surface area contributed by atoms with Gasteiger partial charge in [-0.15, -0.1) is 0 Å². The third-order valence-electron chi connectivity index (χ3n) is 4.60. The van der Waals surface area contributed by atoms with E-state index in [-0.39, 0.29) is 0 Å². The van der Waals surface area contributed by atoms with Gasteiger partial charge in [0.15, 0.2) is 0 Å². The number of rotatable bonds is 0. The zero-order valence-electron chi connectivity index (χ0n) is 16.7. The molecule has 0 saturated carbocycles. The largest absolute Gasteiger partial charge is 0.341 e. The topological polar surface area (TPSA) is 116 Å². The average Bonchev–Trinajstić information content (AvgIpc) is 2.55. The van der Waals surface area contributed by atoms with E-state index in [1.54, 1.807) is 45.9 Å². The minimum Gasteiger partial charge on any atom is -0.341 e. The molecule has 4 amide bonds. The van der Waals surface area contributed by atoms with Crippen LogP contribution in [0.1, 0.15) is 41.5 Å². The summed E-state index contributed by atoms with van der Waals surface area (Å²) in [7, 11) is 0. The average molecular weight is 500 g/mol. The molecule has 2 rings (SSSR count). The molecule has 0 atom stereocenters. The Morgan fingerprint density at radius 3 is 1.57 bits per heavy atom. The molecular weight excluding hydrogens is 475 g/mol. The van der Waals surface area contributed by atoms with Crippen molar-refractivity contribution in [3.8, 4) is 0 Å². The lowest BCUT2D eigenvalue weighted by Gasteiger charge is -2.32. The van der Waals surface area contributed by atoms with E-state index in [1.807, 2.05) is 0 Å². The maximum Gasteiger partial charge on any atom is 0.249 e. The number of benzene rings is 1. The van der Waals surface area contributed by atoms with Gasteiger partial charge in [-0.25, -0.2) is 0 Å². The summed E-state index contributed by atoms with van der Waals surface area (Å²) in [5, 5.41) is 10.8. The second kappa shape index (κ2) is 7.34. The first-order valence-corrected chi connectivity index (χ1v) is 9.82. The fourth-order valence-electron chi connectivity index (χ4n) is 2.38. The molecule has 0 fully saturated rings. The molecule has 1 aromatic carbocycles. The van der Waals surface area contributed by atoms with E-state index in [1.165, 1.54) is 13.8 Å². The molecule has 1 heterocycles. The number of amides is 4. The van der Waals surface area contributed by atoms with Crippen molar-refractivity contribution in [2.45, 2.75) is 52.6 Å². The van der Waals surface area contributed by atoms with Crippen LogP contribution in [0.4, 0.5) is 11.4 Å². The van der Waals surface area contributed by atoms with Crippen molar-refractivity contribution in [2.75, 3.05) is 10.6 Å². The van der Waals surface area contributed by atoms with Gasteiger partial charge in [0.05, 0.1) is 11.4 Å². The molecule has 1 aliphatic heterocycles. The van der Waals surface area contributed by atoms with Crippen LogP contribution in [0.3, 0.4) is 0 Å². The molecule has 0 bridgehead atoms. The third kappa shape index (κ3) is 4.45. The van der Waals surface area contributed by atoms with Gasteiger partial charge in [-0.3, -0.25) is 19.2 Å². The first-order chi connectivity index (χ1) is 12.7. The van der Waals surface area contributed by atoms with Crippen LogP contribution in [0.2, 0.25) is 0 Å². The van der Waals surface area contributed by atoms with Crippen LogP contribution in [0.25, 0.3) is 0 Å². The number of halogens is 1. The molecule has 0 radical (unpaired) electrons. The van der Waals surface area contributed by atoms with E-state index in [9.17, 15) is 19.2 Å². The Bertz CT molecular complexity index is 861. The Hall–Kier alpha value is -2.17. The van der Waals surface area contributed by atoms with Crippen LogP contribution in [-0.2, 0) is 19.2 Å². The Kier molecular flexibility index (Phi) is 5.80. The predicted octanol–water partition coefficient (Wildman–Crippen LogP) is 2.00. The van der Waals surface area contributed by atoms with Gasteiger partial charge in [-0.05, 0) is 82.3 Å². The molecule has 1 aliphatic rings. The van der Waals surface area contributed by atoms with E-state index < -0.39 is 40.1 Å². The summed E-state index contributed by atoms with van der Waals surface area (Å²) in [4.78, 5) is 51.1. The molecule has 152 valence electrons. The molecule has 0 spiro atoms. The fourth-order valence-corrected chi connectivity index (χ4v) is 2.87. The fraction of sp³-hybridized carbons (Fsp3) is 0.474. The summed E-state index contributed by atoms with van der Waals surface area (Å²) < 4.78 is 0.853. The van der Waals surface area contributed by atoms with Gasteiger partial charge in [-0.1, -0.05) is 0 Å². The van der Waals surface area contributed by atoms with Crippen LogP contribution in [0, 0.1) is 8.99 Å². The van der Waals surface area contributed by atoms with E-state index >= 15 is 0 Å². The summed E-state index contributed by atoms with van der Waals surface area (Å²) in [6.07, 6.45) is 0. The summed E-state index contributed by atoms with van der Waals surface area (Å²) in [5.74, 6) is -2.20. The Morgan fingerprint density at radius 1 is 0.679 bits per heavy atom. The highest BCUT2D eigenvalue weighted by Gasteiger charge is 2.44. The standard InChI is InChI=1S/C19H25IN4O4/c1-17(2)13(25)23-18(3,4)15(27)21-11-8-7-10(20)9-12(11)22-16(28)19(5,6)24-14(17)26/h7-9H,1-6H3,(H,21,27)(H,22,28)(H,23,25)(H,24,26). The second-order valence-electron chi connectivity index (χ2n) is 8.38. The Labute approximate surface area is 177 Å². The summed E-state index contributed by atoms with van der Waals surface area (Å²) in [6.45, 7) is 9.06. The van der Waals surface area contributed by atoms with Gasteiger partial charge in [0.25, 0.3) is 0 Å². The van der Waals surface area contributed by atoms with Crippen molar-refractivity contribution >= 4 is 57.6 Å². The molecule has 0 aromatic heterocycles. The molecule has 9 heteroatoms. The molecule has 28 heavy (non-hydrogen) atoms. The van der Waals surface area contributed by atoms with E-state index in [0.717, 1.165) is 3.57 Å². The number of hydrogen-bond donors (Lipinski definition) is 4. The zero-order valence-corrected chi connectivity index (χ0v) is 18.9. The van der Waals surface area contributed by atoms with Gasteiger partial charge in [-0.2, -0.15) is 0 Å². The van der Waals surface area contributed by atoms with Crippen molar-refractivity contribution in [1.29, 1.82) is 0 Å². The lowest BCUT2D eigenvalue weighted by atomic mass is 9.88.